The van der Waals surface area contributed by atoms with E-state index in [4.69, 9.17) is 0 Å². The summed E-state index contributed by atoms with van der Waals surface area (Å²) < 4.78 is 29.8. The van der Waals surface area contributed by atoms with Gasteiger partial charge in [-0.3, -0.25) is 0 Å². The number of fused-ring (bicyclic) bond motifs is 3. The molecule has 0 saturated heterocycles. The lowest BCUT2D eigenvalue weighted by Crippen LogP contribution is -2.38. The lowest BCUT2D eigenvalue weighted by atomic mass is 10.2. The fourth-order valence-corrected chi connectivity index (χ4v) is 4.97. The van der Waals surface area contributed by atoms with Gasteiger partial charge in [0.2, 0.25) is 10.0 Å². The number of aryl methyl sites for hydroxylation is 2. The van der Waals surface area contributed by atoms with Gasteiger partial charge in [0, 0.05) is 13.1 Å². The molecule has 0 radical (unpaired) electrons. The van der Waals surface area contributed by atoms with E-state index in [1.165, 1.54) is 4.31 Å². The van der Waals surface area contributed by atoms with Crippen LogP contribution in [0.15, 0.2) is 47.4 Å². The summed E-state index contributed by atoms with van der Waals surface area (Å²) in [5.41, 5.74) is 3.71. The topological polar surface area (TPSA) is 55.2 Å². The van der Waals surface area contributed by atoms with Gasteiger partial charge in [-0.15, -0.1) is 0 Å². The first-order chi connectivity index (χ1) is 11.5. The summed E-state index contributed by atoms with van der Waals surface area (Å²) >= 11 is 0. The predicted molar refractivity (Wildman–Crippen MR) is 93.2 cm³/mol. The minimum Gasteiger partial charge on any atom is -0.326 e. The molecule has 4 rings (SSSR count). The standard InChI is InChI=1S/C18H19N3O2S/c1-13-7-8-14(2)17(11-13)24(22,23)20-9-10-21-16-6-4-3-5-15(16)19-18(21)12-20/h3-8,11H,9-10,12H2,1-2H3. The van der Waals surface area contributed by atoms with Gasteiger partial charge in [-0.1, -0.05) is 24.3 Å². The zero-order valence-electron chi connectivity index (χ0n) is 13.7. The molecule has 1 aliphatic rings. The summed E-state index contributed by atoms with van der Waals surface area (Å²) in [5, 5.41) is 0. The van der Waals surface area contributed by atoms with Crippen molar-refractivity contribution in [2.75, 3.05) is 6.54 Å². The van der Waals surface area contributed by atoms with Crippen molar-refractivity contribution in [3.63, 3.8) is 0 Å². The first kappa shape index (κ1) is 15.4. The summed E-state index contributed by atoms with van der Waals surface area (Å²) in [7, 11) is -3.52. The number of rotatable bonds is 2. The lowest BCUT2D eigenvalue weighted by molar-refractivity contribution is 0.339. The molecular weight excluding hydrogens is 322 g/mol. The van der Waals surface area contributed by atoms with Gasteiger partial charge in [-0.05, 0) is 43.2 Å². The smallest absolute Gasteiger partial charge is 0.243 e. The normalized spacial score (nSPS) is 15.6. The number of hydrogen-bond donors (Lipinski definition) is 0. The van der Waals surface area contributed by atoms with Crippen LogP contribution in [0.2, 0.25) is 0 Å². The van der Waals surface area contributed by atoms with Crippen LogP contribution in [-0.4, -0.2) is 28.8 Å². The van der Waals surface area contributed by atoms with E-state index in [9.17, 15) is 8.42 Å². The Morgan fingerprint density at radius 2 is 1.83 bits per heavy atom. The van der Waals surface area contributed by atoms with Crippen LogP contribution >= 0.6 is 0 Å². The minimum atomic E-state index is -3.52. The Morgan fingerprint density at radius 3 is 2.67 bits per heavy atom. The zero-order chi connectivity index (χ0) is 16.9. The lowest BCUT2D eigenvalue weighted by Gasteiger charge is -2.28. The van der Waals surface area contributed by atoms with Gasteiger partial charge < -0.3 is 4.57 Å². The Morgan fingerprint density at radius 1 is 1.04 bits per heavy atom. The summed E-state index contributed by atoms with van der Waals surface area (Å²) in [6.07, 6.45) is 0. The summed E-state index contributed by atoms with van der Waals surface area (Å²) in [6.45, 7) is 5.15. The molecule has 0 spiro atoms. The second-order valence-electron chi connectivity index (χ2n) is 6.28. The van der Waals surface area contributed by atoms with Crippen molar-refractivity contribution in [3.05, 3.63) is 59.4 Å². The van der Waals surface area contributed by atoms with Gasteiger partial charge in [0.1, 0.15) is 5.82 Å². The number of nitrogens with zero attached hydrogens (tertiary/aromatic N) is 3. The largest absolute Gasteiger partial charge is 0.326 e. The van der Waals surface area contributed by atoms with E-state index in [1.54, 1.807) is 6.07 Å². The third kappa shape index (κ3) is 2.34. The van der Waals surface area contributed by atoms with Crippen molar-refractivity contribution in [2.45, 2.75) is 31.8 Å². The van der Waals surface area contributed by atoms with E-state index < -0.39 is 10.0 Å². The van der Waals surface area contributed by atoms with Crippen LogP contribution in [0.3, 0.4) is 0 Å². The van der Waals surface area contributed by atoms with E-state index in [0.717, 1.165) is 28.0 Å². The summed E-state index contributed by atoms with van der Waals surface area (Å²) in [6, 6.07) is 13.5. The molecule has 2 heterocycles. The van der Waals surface area contributed by atoms with Crippen molar-refractivity contribution >= 4 is 21.1 Å². The monoisotopic (exact) mass is 341 g/mol. The SMILES string of the molecule is Cc1ccc(C)c(S(=O)(=O)N2CCn3c(nc4ccccc43)C2)c1. The molecule has 2 aromatic carbocycles. The van der Waals surface area contributed by atoms with Crippen LogP contribution in [-0.2, 0) is 23.1 Å². The third-order valence-electron chi connectivity index (χ3n) is 4.59. The van der Waals surface area contributed by atoms with Crippen molar-refractivity contribution < 1.29 is 8.42 Å². The second-order valence-corrected chi connectivity index (χ2v) is 8.18. The molecule has 0 fully saturated rings. The molecule has 3 aromatic rings. The number of hydrogen-bond acceptors (Lipinski definition) is 3. The molecule has 6 heteroatoms. The molecule has 0 amide bonds. The van der Waals surface area contributed by atoms with Gasteiger partial charge in [0.05, 0.1) is 22.5 Å². The fraction of sp³-hybridized carbons (Fsp3) is 0.278. The highest BCUT2D eigenvalue weighted by molar-refractivity contribution is 7.89. The van der Waals surface area contributed by atoms with Crippen molar-refractivity contribution in [1.82, 2.24) is 13.9 Å². The van der Waals surface area contributed by atoms with Gasteiger partial charge in [-0.2, -0.15) is 4.31 Å². The maximum atomic E-state index is 13.1. The van der Waals surface area contributed by atoms with Crippen molar-refractivity contribution in [2.24, 2.45) is 0 Å². The molecule has 124 valence electrons. The fourth-order valence-electron chi connectivity index (χ4n) is 3.27. The molecule has 0 aliphatic carbocycles. The average molecular weight is 341 g/mol. The van der Waals surface area contributed by atoms with Crippen molar-refractivity contribution in [3.8, 4) is 0 Å². The van der Waals surface area contributed by atoms with Crippen LogP contribution in [0.5, 0.6) is 0 Å². The third-order valence-corrected chi connectivity index (χ3v) is 6.57. The minimum absolute atomic E-state index is 0.310. The van der Waals surface area contributed by atoms with Gasteiger partial charge >= 0.3 is 0 Å². The Kier molecular flexibility index (Phi) is 3.47. The molecule has 24 heavy (non-hydrogen) atoms. The molecule has 0 bridgehead atoms. The Hall–Kier alpha value is -2.18. The predicted octanol–water partition coefficient (Wildman–Crippen LogP) is 2.86. The first-order valence-corrected chi connectivity index (χ1v) is 9.42. The van der Waals surface area contributed by atoms with E-state index >= 15 is 0 Å². The summed E-state index contributed by atoms with van der Waals surface area (Å²) in [4.78, 5) is 5.00. The van der Waals surface area contributed by atoms with Gasteiger partial charge in [0.15, 0.2) is 0 Å². The molecular formula is C18H19N3O2S. The number of benzene rings is 2. The van der Waals surface area contributed by atoms with Crippen LogP contribution in [0, 0.1) is 13.8 Å². The quantitative estimate of drug-likeness (QED) is 0.720. The Labute approximate surface area is 141 Å². The van der Waals surface area contributed by atoms with Crippen LogP contribution < -0.4 is 0 Å². The van der Waals surface area contributed by atoms with E-state index in [2.05, 4.69) is 9.55 Å². The second kappa shape index (κ2) is 5.43. The molecule has 1 aromatic heterocycles. The highest BCUT2D eigenvalue weighted by atomic mass is 32.2. The van der Waals surface area contributed by atoms with Gasteiger partial charge in [0.25, 0.3) is 0 Å². The number of para-hydroxylation sites is 2. The van der Waals surface area contributed by atoms with E-state index in [1.807, 2.05) is 50.2 Å². The molecule has 0 atom stereocenters. The Bertz CT molecular complexity index is 1040. The van der Waals surface area contributed by atoms with Crippen LogP contribution in [0.1, 0.15) is 17.0 Å². The molecule has 0 unspecified atom stereocenters. The van der Waals surface area contributed by atoms with E-state index in [0.29, 0.717) is 24.5 Å². The molecule has 0 saturated carbocycles. The average Bonchev–Trinajstić information content (AvgIpc) is 2.94. The van der Waals surface area contributed by atoms with E-state index in [-0.39, 0.29) is 0 Å². The van der Waals surface area contributed by atoms with Gasteiger partial charge in [-0.25, -0.2) is 13.4 Å². The maximum Gasteiger partial charge on any atom is 0.243 e. The van der Waals surface area contributed by atoms with Crippen LogP contribution in [0.4, 0.5) is 0 Å². The molecule has 5 nitrogen and oxygen atoms in total. The maximum absolute atomic E-state index is 13.1. The summed E-state index contributed by atoms with van der Waals surface area (Å²) in [5.74, 6) is 0.802. The highest BCUT2D eigenvalue weighted by Crippen LogP contribution is 2.27. The number of aromatic nitrogens is 2. The zero-order valence-corrected chi connectivity index (χ0v) is 14.5. The van der Waals surface area contributed by atoms with Crippen LogP contribution in [0.25, 0.3) is 11.0 Å². The molecule has 1 aliphatic heterocycles. The highest BCUT2D eigenvalue weighted by Gasteiger charge is 2.31. The first-order valence-electron chi connectivity index (χ1n) is 7.98. The number of sulfonamides is 1. The molecule has 0 N–H and O–H groups in total. The number of imidazole rings is 1. The Balaban J connectivity index is 1.75. The van der Waals surface area contributed by atoms with Crippen molar-refractivity contribution in [1.29, 1.82) is 0 Å².